The number of benzene rings is 2. The Kier molecular flexibility index (Phi) is 7.27. The number of methoxy groups -OCH3 is 1. The molecule has 0 saturated heterocycles. The van der Waals surface area contributed by atoms with Crippen LogP contribution in [-0.4, -0.2) is 25.2 Å². The fraction of sp³-hybridized carbons (Fsp3) is 0.261. The first-order valence-electron chi connectivity index (χ1n) is 9.33. The van der Waals surface area contributed by atoms with E-state index in [9.17, 15) is 0 Å². The van der Waals surface area contributed by atoms with Crippen LogP contribution in [0.15, 0.2) is 67.0 Å². The number of aromatic nitrogens is 1. The molecule has 5 nitrogen and oxygen atoms in total. The molecule has 0 amide bonds. The highest BCUT2D eigenvalue weighted by molar-refractivity contribution is 5.43. The molecule has 1 aromatic heterocycles. The quantitative estimate of drug-likeness (QED) is 0.537. The summed E-state index contributed by atoms with van der Waals surface area (Å²) >= 11 is 0. The predicted molar refractivity (Wildman–Crippen MR) is 110 cm³/mol. The Morgan fingerprint density at radius 1 is 0.857 bits per heavy atom. The van der Waals surface area contributed by atoms with Crippen molar-refractivity contribution in [3.8, 4) is 17.2 Å². The standard InChI is InChI=1S/C23H26N2O3/c1-18-3-6-21(7-4-18)27-14-13-25-16-20-5-8-22(23(15-20)26-2)28-17-19-9-11-24-12-10-19/h3-12,15,25H,13-14,16-17H2,1-2H3. The van der Waals surface area contributed by atoms with E-state index in [0.717, 1.165) is 41.5 Å². The molecule has 3 aromatic rings. The lowest BCUT2D eigenvalue weighted by atomic mass is 10.2. The first-order valence-corrected chi connectivity index (χ1v) is 9.33. The second-order valence-corrected chi connectivity index (χ2v) is 6.47. The van der Waals surface area contributed by atoms with Crippen molar-refractivity contribution < 1.29 is 14.2 Å². The number of hydrogen-bond donors (Lipinski definition) is 1. The van der Waals surface area contributed by atoms with Crippen molar-refractivity contribution >= 4 is 0 Å². The van der Waals surface area contributed by atoms with Gasteiger partial charge in [0, 0.05) is 25.5 Å². The molecule has 0 fully saturated rings. The summed E-state index contributed by atoms with van der Waals surface area (Å²) in [6.07, 6.45) is 3.51. The second kappa shape index (κ2) is 10.3. The van der Waals surface area contributed by atoms with Gasteiger partial charge in [-0.3, -0.25) is 4.98 Å². The van der Waals surface area contributed by atoms with Gasteiger partial charge >= 0.3 is 0 Å². The van der Waals surface area contributed by atoms with Crippen LogP contribution < -0.4 is 19.5 Å². The fourth-order valence-electron chi connectivity index (χ4n) is 2.69. The molecule has 5 heteroatoms. The van der Waals surface area contributed by atoms with Crippen LogP contribution >= 0.6 is 0 Å². The number of rotatable bonds is 10. The SMILES string of the molecule is COc1cc(CNCCOc2ccc(C)cc2)ccc1OCc1ccncc1. The summed E-state index contributed by atoms with van der Waals surface area (Å²) in [5.74, 6) is 2.35. The van der Waals surface area contributed by atoms with Gasteiger partial charge in [-0.1, -0.05) is 23.8 Å². The van der Waals surface area contributed by atoms with Crippen LogP contribution in [0.3, 0.4) is 0 Å². The van der Waals surface area contributed by atoms with E-state index in [4.69, 9.17) is 14.2 Å². The largest absolute Gasteiger partial charge is 0.493 e. The van der Waals surface area contributed by atoms with Crippen LogP contribution in [0.25, 0.3) is 0 Å². The number of nitrogens with zero attached hydrogens (tertiary/aromatic N) is 1. The average molecular weight is 378 g/mol. The molecule has 2 aromatic carbocycles. The molecule has 1 heterocycles. The zero-order chi connectivity index (χ0) is 19.6. The molecule has 0 atom stereocenters. The third-order valence-electron chi connectivity index (χ3n) is 4.27. The van der Waals surface area contributed by atoms with Gasteiger partial charge < -0.3 is 19.5 Å². The average Bonchev–Trinajstić information content (AvgIpc) is 2.74. The van der Waals surface area contributed by atoms with E-state index in [2.05, 4.69) is 17.2 Å². The molecular formula is C23H26N2O3. The molecule has 146 valence electrons. The maximum atomic E-state index is 5.88. The Morgan fingerprint density at radius 3 is 2.39 bits per heavy atom. The van der Waals surface area contributed by atoms with Crippen molar-refractivity contribution in [2.75, 3.05) is 20.3 Å². The van der Waals surface area contributed by atoms with Crippen molar-refractivity contribution in [3.63, 3.8) is 0 Å². The zero-order valence-electron chi connectivity index (χ0n) is 16.4. The van der Waals surface area contributed by atoms with E-state index < -0.39 is 0 Å². The molecule has 1 N–H and O–H groups in total. The van der Waals surface area contributed by atoms with E-state index in [0.29, 0.717) is 13.2 Å². The van der Waals surface area contributed by atoms with Crippen LogP contribution in [-0.2, 0) is 13.2 Å². The van der Waals surface area contributed by atoms with E-state index in [-0.39, 0.29) is 0 Å². The highest BCUT2D eigenvalue weighted by atomic mass is 16.5. The van der Waals surface area contributed by atoms with Gasteiger partial charge in [0.2, 0.25) is 0 Å². The maximum Gasteiger partial charge on any atom is 0.161 e. The molecule has 28 heavy (non-hydrogen) atoms. The van der Waals surface area contributed by atoms with Gasteiger partial charge in [-0.25, -0.2) is 0 Å². The lowest BCUT2D eigenvalue weighted by Crippen LogP contribution is -2.20. The van der Waals surface area contributed by atoms with Crippen molar-refractivity contribution in [1.82, 2.24) is 10.3 Å². The van der Waals surface area contributed by atoms with E-state index in [1.807, 2.05) is 54.6 Å². The first-order chi connectivity index (χ1) is 13.7. The molecule has 0 bridgehead atoms. The highest BCUT2D eigenvalue weighted by Crippen LogP contribution is 2.28. The number of hydrogen-bond acceptors (Lipinski definition) is 5. The van der Waals surface area contributed by atoms with Gasteiger partial charge in [-0.05, 0) is 54.4 Å². The minimum Gasteiger partial charge on any atom is -0.493 e. The van der Waals surface area contributed by atoms with E-state index in [1.165, 1.54) is 5.56 Å². The van der Waals surface area contributed by atoms with Crippen molar-refractivity contribution in [3.05, 3.63) is 83.7 Å². The Bertz CT molecular complexity index is 851. The molecule has 0 aliphatic carbocycles. The molecule has 3 rings (SSSR count). The maximum absolute atomic E-state index is 5.88. The summed E-state index contributed by atoms with van der Waals surface area (Å²) in [6, 6.07) is 17.9. The third kappa shape index (κ3) is 5.99. The van der Waals surface area contributed by atoms with Crippen LogP contribution in [0.4, 0.5) is 0 Å². The van der Waals surface area contributed by atoms with Crippen LogP contribution in [0.5, 0.6) is 17.2 Å². The minimum atomic E-state index is 0.479. The summed E-state index contributed by atoms with van der Waals surface area (Å²) in [6.45, 7) is 4.66. The molecule has 0 radical (unpaired) electrons. The Hall–Kier alpha value is -3.05. The lowest BCUT2D eigenvalue weighted by molar-refractivity contribution is 0.284. The summed E-state index contributed by atoms with van der Waals surface area (Å²) in [5.41, 5.74) is 3.42. The smallest absolute Gasteiger partial charge is 0.161 e. The summed E-state index contributed by atoms with van der Waals surface area (Å²) in [5, 5.41) is 3.38. The zero-order valence-corrected chi connectivity index (χ0v) is 16.4. The van der Waals surface area contributed by atoms with Crippen LogP contribution in [0, 0.1) is 6.92 Å². The van der Waals surface area contributed by atoms with Gasteiger partial charge in [0.1, 0.15) is 19.0 Å². The van der Waals surface area contributed by atoms with E-state index in [1.54, 1.807) is 19.5 Å². The van der Waals surface area contributed by atoms with Gasteiger partial charge in [0.05, 0.1) is 7.11 Å². The van der Waals surface area contributed by atoms with Crippen molar-refractivity contribution in [2.24, 2.45) is 0 Å². The van der Waals surface area contributed by atoms with Crippen LogP contribution in [0.1, 0.15) is 16.7 Å². The third-order valence-corrected chi connectivity index (χ3v) is 4.27. The molecule has 0 saturated carbocycles. The molecular weight excluding hydrogens is 352 g/mol. The van der Waals surface area contributed by atoms with E-state index >= 15 is 0 Å². The highest BCUT2D eigenvalue weighted by Gasteiger charge is 2.06. The lowest BCUT2D eigenvalue weighted by Gasteiger charge is -2.13. The molecule has 0 aliphatic heterocycles. The number of pyridine rings is 1. The molecule has 0 unspecified atom stereocenters. The Morgan fingerprint density at radius 2 is 1.64 bits per heavy atom. The monoisotopic (exact) mass is 378 g/mol. The normalized spacial score (nSPS) is 10.5. The Balaban J connectivity index is 1.44. The first kappa shape index (κ1) is 19.7. The topological polar surface area (TPSA) is 52.6 Å². The summed E-state index contributed by atoms with van der Waals surface area (Å²) in [4.78, 5) is 4.01. The van der Waals surface area contributed by atoms with Gasteiger partial charge in [0.15, 0.2) is 11.5 Å². The minimum absolute atomic E-state index is 0.479. The predicted octanol–water partition coefficient (Wildman–Crippen LogP) is 4.15. The second-order valence-electron chi connectivity index (χ2n) is 6.47. The van der Waals surface area contributed by atoms with Crippen LogP contribution in [0.2, 0.25) is 0 Å². The molecule has 0 spiro atoms. The summed E-state index contributed by atoms with van der Waals surface area (Å²) < 4.78 is 17.1. The Labute approximate surface area is 166 Å². The van der Waals surface area contributed by atoms with Gasteiger partial charge in [-0.15, -0.1) is 0 Å². The number of aryl methyl sites for hydroxylation is 1. The fourth-order valence-corrected chi connectivity index (χ4v) is 2.69. The molecule has 0 aliphatic rings. The number of nitrogens with one attached hydrogen (secondary N) is 1. The van der Waals surface area contributed by atoms with Gasteiger partial charge in [0.25, 0.3) is 0 Å². The summed E-state index contributed by atoms with van der Waals surface area (Å²) in [7, 11) is 1.65. The van der Waals surface area contributed by atoms with Crippen molar-refractivity contribution in [1.29, 1.82) is 0 Å². The van der Waals surface area contributed by atoms with Gasteiger partial charge in [-0.2, -0.15) is 0 Å². The number of ether oxygens (including phenoxy) is 3. The van der Waals surface area contributed by atoms with Crippen molar-refractivity contribution in [2.45, 2.75) is 20.1 Å².